The molecule has 1 aromatic carbocycles. The van der Waals surface area contributed by atoms with Crippen LogP contribution in [0.15, 0.2) is 24.3 Å². The van der Waals surface area contributed by atoms with Gasteiger partial charge in [-0.05, 0) is 49.4 Å². The molecule has 1 aliphatic carbocycles. The van der Waals surface area contributed by atoms with Crippen LogP contribution in [0.3, 0.4) is 0 Å². The second kappa shape index (κ2) is 7.88. The lowest BCUT2D eigenvalue weighted by molar-refractivity contribution is -0.123. The van der Waals surface area contributed by atoms with E-state index >= 15 is 0 Å². The van der Waals surface area contributed by atoms with Gasteiger partial charge in [0.2, 0.25) is 0 Å². The molecule has 1 aliphatic rings. The molecule has 0 radical (unpaired) electrons. The van der Waals surface area contributed by atoms with Crippen molar-refractivity contribution in [3.05, 3.63) is 24.3 Å². The number of nitrogens with two attached hydrogens (primary N) is 1. The number of benzene rings is 1. The van der Waals surface area contributed by atoms with Crippen LogP contribution in [-0.4, -0.2) is 31.7 Å². The number of amides is 1. The maximum atomic E-state index is 11.8. The highest BCUT2D eigenvalue weighted by Crippen LogP contribution is 2.32. The van der Waals surface area contributed by atoms with Crippen molar-refractivity contribution in [2.75, 3.05) is 19.8 Å². The van der Waals surface area contributed by atoms with Crippen molar-refractivity contribution in [1.82, 2.24) is 5.32 Å². The molecule has 2 rings (SSSR count). The Morgan fingerprint density at radius 1 is 1.29 bits per heavy atom. The molecule has 5 heteroatoms. The standard InChI is InChI=1S/C16H24N2O3/c1-2-9-20-13-5-7-14(8-6-13)21-11-16(19)18-15(10-17)12-3-4-12/h5-8,12,15H,2-4,9-11,17H2,1H3,(H,18,19). The van der Waals surface area contributed by atoms with Crippen LogP contribution in [0.5, 0.6) is 11.5 Å². The average Bonchev–Trinajstić information content (AvgIpc) is 3.34. The molecule has 0 bridgehead atoms. The van der Waals surface area contributed by atoms with Gasteiger partial charge in [0.1, 0.15) is 11.5 Å². The Balaban J connectivity index is 1.72. The molecule has 0 aromatic heterocycles. The Morgan fingerprint density at radius 3 is 2.43 bits per heavy atom. The van der Waals surface area contributed by atoms with Crippen LogP contribution >= 0.6 is 0 Å². The summed E-state index contributed by atoms with van der Waals surface area (Å²) in [5, 5.41) is 2.92. The Labute approximate surface area is 125 Å². The molecule has 1 atom stereocenters. The summed E-state index contributed by atoms with van der Waals surface area (Å²) in [4.78, 5) is 11.8. The van der Waals surface area contributed by atoms with Gasteiger partial charge < -0.3 is 20.5 Å². The predicted molar refractivity (Wildman–Crippen MR) is 81.4 cm³/mol. The highest BCUT2D eigenvalue weighted by molar-refractivity contribution is 5.78. The topological polar surface area (TPSA) is 73.6 Å². The van der Waals surface area contributed by atoms with Crippen molar-refractivity contribution < 1.29 is 14.3 Å². The van der Waals surface area contributed by atoms with Gasteiger partial charge in [-0.25, -0.2) is 0 Å². The van der Waals surface area contributed by atoms with Crippen molar-refractivity contribution in [3.63, 3.8) is 0 Å². The molecular weight excluding hydrogens is 268 g/mol. The molecule has 1 aromatic rings. The zero-order valence-electron chi connectivity index (χ0n) is 12.5. The molecule has 5 nitrogen and oxygen atoms in total. The second-order valence-corrected chi connectivity index (χ2v) is 5.36. The summed E-state index contributed by atoms with van der Waals surface area (Å²) in [7, 11) is 0. The molecule has 0 aliphatic heterocycles. The smallest absolute Gasteiger partial charge is 0.258 e. The minimum Gasteiger partial charge on any atom is -0.494 e. The number of hydrogen-bond acceptors (Lipinski definition) is 4. The van der Waals surface area contributed by atoms with E-state index in [1.54, 1.807) is 12.1 Å². The molecule has 1 unspecified atom stereocenters. The van der Waals surface area contributed by atoms with E-state index in [0.717, 1.165) is 25.0 Å². The molecule has 116 valence electrons. The van der Waals surface area contributed by atoms with Gasteiger partial charge in [0.15, 0.2) is 6.61 Å². The molecule has 0 spiro atoms. The quantitative estimate of drug-likeness (QED) is 0.726. The number of carbonyl (C=O) groups is 1. The minimum atomic E-state index is -0.122. The van der Waals surface area contributed by atoms with Gasteiger partial charge in [-0.1, -0.05) is 6.92 Å². The molecular formula is C16H24N2O3. The van der Waals surface area contributed by atoms with E-state index in [4.69, 9.17) is 15.2 Å². The summed E-state index contributed by atoms with van der Waals surface area (Å²) in [6, 6.07) is 7.39. The summed E-state index contributed by atoms with van der Waals surface area (Å²) in [6.07, 6.45) is 3.28. The summed E-state index contributed by atoms with van der Waals surface area (Å²) in [5.41, 5.74) is 5.66. The Morgan fingerprint density at radius 2 is 1.90 bits per heavy atom. The van der Waals surface area contributed by atoms with Crippen LogP contribution in [-0.2, 0) is 4.79 Å². The Hall–Kier alpha value is -1.75. The van der Waals surface area contributed by atoms with E-state index in [-0.39, 0.29) is 18.6 Å². The average molecular weight is 292 g/mol. The summed E-state index contributed by atoms with van der Waals surface area (Å²) < 4.78 is 11.0. The number of carbonyl (C=O) groups excluding carboxylic acids is 1. The van der Waals surface area contributed by atoms with E-state index in [2.05, 4.69) is 12.2 Å². The second-order valence-electron chi connectivity index (χ2n) is 5.36. The molecule has 1 saturated carbocycles. The van der Waals surface area contributed by atoms with Crippen molar-refractivity contribution in [3.8, 4) is 11.5 Å². The van der Waals surface area contributed by atoms with Crippen LogP contribution in [0.1, 0.15) is 26.2 Å². The molecule has 0 saturated heterocycles. The zero-order chi connectivity index (χ0) is 15.1. The fourth-order valence-electron chi connectivity index (χ4n) is 2.12. The van der Waals surface area contributed by atoms with Crippen molar-refractivity contribution >= 4 is 5.91 Å². The monoisotopic (exact) mass is 292 g/mol. The Kier molecular flexibility index (Phi) is 5.87. The number of nitrogens with one attached hydrogen (secondary N) is 1. The van der Waals surface area contributed by atoms with Crippen molar-refractivity contribution in [2.45, 2.75) is 32.2 Å². The number of rotatable bonds is 9. The van der Waals surface area contributed by atoms with Crippen molar-refractivity contribution in [2.24, 2.45) is 11.7 Å². The minimum absolute atomic E-state index is 0.0123. The van der Waals surface area contributed by atoms with Gasteiger partial charge in [-0.3, -0.25) is 4.79 Å². The van der Waals surface area contributed by atoms with Crippen LogP contribution in [0, 0.1) is 5.92 Å². The summed E-state index contributed by atoms with van der Waals surface area (Å²) in [5.74, 6) is 1.90. The van der Waals surface area contributed by atoms with E-state index in [0.29, 0.717) is 24.8 Å². The van der Waals surface area contributed by atoms with Crippen LogP contribution in [0.25, 0.3) is 0 Å². The maximum absolute atomic E-state index is 11.8. The third kappa shape index (κ3) is 5.27. The first-order valence-corrected chi connectivity index (χ1v) is 7.58. The lowest BCUT2D eigenvalue weighted by Gasteiger charge is -2.16. The number of ether oxygens (including phenoxy) is 2. The van der Waals surface area contributed by atoms with E-state index in [1.165, 1.54) is 0 Å². The molecule has 0 heterocycles. The Bertz CT molecular complexity index is 443. The highest BCUT2D eigenvalue weighted by atomic mass is 16.5. The van der Waals surface area contributed by atoms with Crippen LogP contribution in [0.2, 0.25) is 0 Å². The normalized spacial score (nSPS) is 15.3. The van der Waals surface area contributed by atoms with Gasteiger partial charge in [-0.15, -0.1) is 0 Å². The lowest BCUT2D eigenvalue weighted by Crippen LogP contribution is -2.43. The predicted octanol–water partition coefficient (Wildman–Crippen LogP) is 1.71. The van der Waals surface area contributed by atoms with Crippen LogP contribution in [0.4, 0.5) is 0 Å². The third-order valence-corrected chi connectivity index (χ3v) is 3.46. The third-order valence-electron chi connectivity index (χ3n) is 3.46. The largest absolute Gasteiger partial charge is 0.494 e. The fraction of sp³-hybridized carbons (Fsp3) is 0.562. The molecule has 3 N–H and O–H groups in total. The van der Waals surface area contributed by atoms with Gasteiger partial charge in [0.05, 0.1) is 6.61 Å². The zero-order valence-corrected chi connectivity index (χ0v) is 12.5. The maximum Gasteiger partial charge on any atom is 0.258 e. The first-order chi connectivity index (χ1) is 10.2. The molecule has 1 amide bonds. The first-order valence-electron chi connectivity index (χ1n) is 7.58. The van der Waals surface area contributed by atoms with Crippen LogP contribution < -0.4 is 20.5 Å². The van der Waals surface area contributed by atoms with E-state index in [9.17, 15) is 4.79 Å². The fourth-order valence-corrected chi connectivity index (χ4v) is 2.12. The van der Waals surface area contributed by atoms with Gasteiger partial charge in [0, 0.05) is 12.6 Å². The first kappa shape index (κ1) is 15.6. The van der Waals surface area contributed by atoms with Gasteiger partial charge >= 0.3 is 0 Å². The van der Waals surface area contributed by atoms with E-state index in [1.807, 2.05) is 12.1 Å². The number of hydrogen-bond donors (Lipinski definition) is 2. The summed E-state index contributed by atoms with van der Waals surface area (Å²) in [6.45, 7) is 3.26. The lowest BCUT2D eigenvalue weighted by atomic mass is 10.2. The van der Waals surface area contributed by atoms with E-state index < -0.39 is 0 Å². The van der Waals surface area contributed by atoms with Gasteiger partial charge in [0.25, 0.3) is 5.91 Å². The molecule has 21 heavy (non-hydrogen) atoms. The van der Waals surface area contributed by atoms with Gasteiger partial charge in [-0.2, -0.15) is 0 Å². The summed E-state index contributed by atoms with van der Waals surface area (Å²) >= 11 is 0. The SMILES string of the molecule is CCCOc1ccc(OCC(=O)NC(CN)C2CC2)cc1. The molecule has 1 fully saturated rings. The van der Waals surface area contributed by atoms with Crippen molar-refractivity contribution in [1.29, 1.82) is 0 Å². The highest BCUT2D eigenvalue weighted by Gasteiger charge is 2.31.